The Balaban J connectivity index is 2.37. The third kappa shape index (κ3) is 1.39. The molecule has 0 bridgehead atoms. The summed E-state index contributed by atoms with van der Waals surface area (Å²) in [5.41, 5.74) is 9.48. The Morgan fingerprint density at radius 3 is 3.00 bits per heavy atom. The lowest BCUT2D eigenvalue weighted by atomic mass is 9.84. The Bertz CT molecular complexity index is 296. The number of fused-ring (bicyclic) bond motifs is 1. The molecule has 0 saturated carbocycles. The first-order valence-corrected chi connectivity index (χ1v) is 4.38. The fraction of sp³-hybridized carbons (Fsp3) is 0.400. The second-order valence-electron chi connectivity index (χ2n) is 3.53. The zero-order valence-electron chi connectivity index (χ0n) is 7.09. The molecule has 1 aliphatic rings. The van der Waals surface area contributed by atoms with Gasteiger partial charge in [0.25, 0.3) is 0 Å². The van der Waals surface area contributed by atoms with E-state index in [0.717, 1.165) is 24.7 Å². The lowest BCUT2D eigenvalue weighted by Gasteiger charge is -2.21. The Morgan fingerprint density at radius 2 is 2.17 bits per heavy atom. The molecule has 1 nitrogen and oxygen atoms in total. The molecular formula is C10H12BN. The van der Waals surface area contributed by atoms with Crippen molar-refractivity contribution < 1.29 is 0 Å². The van der Waals surface area contributed by atoms with E-state index in [9.17, 15) is 0 Å². The zero-order chi connectivity index (χ0) is 8.55. The first kappa shape index (κ1) is 7.87. The lowest BCUT2D eigenvalue weighted by molar-refractivity contribution is 0.577. The molecule has 2 radical (unpaired) electrons. The number of hydrogen-bond acceptors (Lipinski definition) is 1. The molecule has 1 aliphatic carbocycles. The largest absolute Gasteiger partial charge is 0.327 e. The third-order valence-electron chi connectivity index (χ3n) is 2.50. The predicted molar refractivity (Wildman–Crippen MR) is 51.8 cm³/mol. The molecule has 1 aromatic carbocycles. The Kier molecular flexibility index (Phi) is 1.93. The van der Waals surface area contributed by atoms with Crippen LogP contribution < -0.4 is 11.2 Å². The Labute approximate surface area is 74.4 Å². The minimum absolute atomic E-state index is 0.348. The molecule has 60 valence electrons. The van der Waals surface area contributed by atoms with Crippen molar-refractivity contribution in [1.29, 1.82) is 0 Å². The quantitative estimate of drug-likeness (QED) is 0.538. The number of aryl methyl sites for hydroxylation is 1. The van der Waals surface area contributed by atoms with Crippen LogP contribution in [0.4, 0.5) is 0 Å². The minimum Gasteiger partial charge on any atom is -0.327 e. The van der Waals surface area contributed by atoms with E-state index < -0.39 is 0 Å². The van der Waals surface area contributed by atoms with Crippen LogP contribution in [-0.2, 0) is 12.8 Å². The Hall–Kier alpha value is -0.755. The van der Waals surface area contributed by atoms with Crippen molar-refractivity contribution in [2.75, 3.05) is 0 Å². The molecule has 0 spiro atoms. The highest BCUT2D eigenvalue weighted by Gasteiger charge is 2.14. The van der Waals surface area contributed by atoms with Gasteiger partial charge in [0.2, 0.25) is 0 Å². The number of nitrogens with two attached hydrogens (primary N) is 1. The molecule has 12 heavy (non-hydrogen) atoms. The minimum atomic E-state index is 0.348. The monoisotopic (exact) mass is 157 g/mol. The van der Waals surface area contributed by atoms with Crippen molar-refractivity contribution in [2.45, 2.75) is 25.3 Å². The lowest BCUT2D eigenvalue weighted by Crippen LogP contribution is -2.28. The van der Waals surface area contributed by atoms with Gasteiger partial charge in [-0.05, 0) is 30.4 Å². The number of benzene rings is 1. The van der Waals surface area contributed by atoms with Crippen molar-refractivity contribution in [3.05, 3.63) is 29.3 Å². The molecule has 0 heterocycles. The summed E-state index contributed by atoms with van der Waals surface area (Å²) < 4.78 is 0. The molecule has 0 aliphatic heterocycles. The van der Waals surface area contributed by atoms with Gasteiger partial charge in [0.15, 0.2) is 0 Å². The van der Waals surface area contributed by atoms with E-state index in [2.05, 4.69) is 12.1 Å². The van der Waals surface area contributed by atoms with Gasteiger partial charge in [-0.3, -0.25) is 0 Å². The third-order valence-corrected chi connectivity index (χ3v) is 2.50. The van der Waals surface area contributed by atoms with E-state index in [1.54, 1.807) is 0 Å². The highest BCUT2D eigenvalue weighted by atomic mass is 14.6. The van der Waals surface area contributed by atoms with E-state index in [1.165, 1.54) is 11.1 Å². The second-order valence-corrected chi connectivity index (χ2v) is 3.53. The van der Waals surface area contributed by atoms with Crippen LogP contribution in [0.3, 0.4) is 0 Å². The zero-order valence-corrected chi connectivity index (χ0v) is 7.09. The Morgan fingerprint density at radius 1 is 1.33 bits per heavy atom. The van der Waals surface area contributed by atoms with Crippen LogP contribution in [0.15, 0.2) is 18.2 Å². The summed E-state index contributed by atoms with van der Waals surface area (Å²) in [6.07, 6.45) is 3.19. The normalized spacial score (nSPS) is 21.9. The predicted octanol–water partition coefficient (Wildman–Crippen LogP) is 0.296. The summed E-state index contributed by atoms with van der Waals surface area (Å²) in [5, 5.41) is 0. The van der Waals surface area contributed by atoms with E-state index >= 15 is 0 Å². The molecule has 0 fully saturated rings. The van der Waals surface area contributed by atoms with Crippen LogP contribution in [-0.4, -0.2) is 13.9 Å². The van der Waals surface area contributed by atoms with Crippen molar-refractivity contribution in [1.82, 2.24) is 0 Å². The molecule has 0 aromatic heterocycles. The smallest absolute Gasteiger partial charge is 0.113 e. The van der Waals surface area contributed by atoms with Crippen molar-refractivity contribution >= 4 is 13.3 Å². The molecule has 0 saturated heterocycles. The molecule has 1 aromatic rings. The van der Waals surface area contributed by atoms with Gasteiger partial charge in [-0.2, -0.15) is 0 Å². The van der Waals surface area contributed by atoms with Crippen molar-refractivity contribution in [2.24, 2.45) is 5.73 Å². The summed E-state index contributed by atoms with van der Waals surface area (Å²) in [4.78, 5) is 0. The molecule has 2 rings (SSSR count). The summed E-state index contributed by atoms with van der Waals surface area (Å²) in [5.74, 6) is 0. The van der Waals surface area contributed by atoms with Crippen LogP contribution in [0.2, 0.25) is 0 Å². The van der Waals surface area contributed by atoms with Gasteiger partial charge in [0, 0.05) is 6.04 Å². The number of hydrogen-bond donors (Lipinski definition) is 1. The van der Waals surface area contributed by atoms with Crippen LogP contribution >= 0.6 is 0 Å². The highest BCUT2D eigenvalue weighted by Crippen LogP contribution is 2.18. The highest BCUT2D eigenvalue weighted by molar-refractivity contribution is 6.32. The van der Waals surface area contributed by atoms with Gasteiger partial charge in [0.1, 0.15) is 7.85 Å². The molecular weight excluding hydrogens is 145 g/mol. The van der Waals surface area contributed by atoms with Crippen LogP contribution in [0.1, 0.15) is 17.5 Å². The average molecular weight is 157 g/mol. The number of rotatable bonds is 0. The van der Waals surface area contributed by atoms with Gasteiger partial charge in [0.05, 0.1) is 0 Å². The van der Waals surface area contributed by atoms with E-state index in [-0.39, 0.29) is 0 Å². The van der Waals surface area contributed by atoms with Gasteiger partial charge in [-0.1, -0.05) is 23.7 Å². The molecule has 1 atom stereocenters. The second kappa shape index (κ2) is 2.94. The van der Waals surface area contributed by atoms with Crippen molar-refractivity contribution in [3.63, 3.8) is 0 Å². The molecule has 2 N–H and O–H groups in total. The summed E-state index contributed by atoms with van der Waals surface area (Å²) in [6.45, 7) is 0. The van der Waals surface area contributed by atoms with E-state index in [0.29, 0.717) is 6.04 Å². The molecule has 2 heteroatoms. The average Bonchev–Trinajstić information content (AvgIpc) is 2.05. The van der Waals surface area contributed by atoms with E-state index in [1.807, 2.05) is 6.07 Å². The molecule has 0 amide bonds. The van der Waals surface area contributed by atoms with Crippen LogP contribution in [0, 0.1) is 0 Å². The topological polar surface area (TPSA) is 26.0 Å². The van der Waals surface area contributed by atoms with Crippen molar-refractivity contribution in [3.8, 4) is 0 Å². The van der Waals surface area contributed by atoms with Gasteiger partial charge in [-0.25, -0.2) is 0 Å². The standard InChI is InChI=1S/C10H12BN/c11-9-3-1-8-6-10(12)4-2-7(8)5-9/h1,3,5,10H,2,4,6,12H2/t10-/m0/s1. The molecule has 0 unspecified atom stereocenters. The fourth-order valence-electron chi connectivity index (χ4n) is 1.80. The summed E-state index contributed by atoms with van der Waals surface area (Å²) in [6, 6.07) is 6.48. The van der Waals surface area contributed by atoms with Gasteiger partial charge >= 0.3 is 0 Å². The first-order valence-electron chi connectivity index (χ1n) is 4.38. The van der Waals surface area contributed by atoms with Crippen LogP contribution in [0.5, 0.6) is 0 Å². The van der Waals surface area contributed by atoms with Gasteiger partial charge < -0.3 is 5.73 Å². The maximum atomic E-state index is 5.86. The van der Waals surface area contributed by atoms with Crippen LogP contribution in [0.25, 0.3) is 0 Å². The van der Waals surface area contributed by atoms with Gasteiger partial charge in [-0.15, -0.1) is 0 Å². The van der Waals surface area contributed by atoms with E-state index in [4.69, 9.17) is 13.6 Å². The maximum Gasteiger partial charge on any atom is 0.113 e. The first-order chi connectivity index (χ1) is 5.75. The summed E-state index contributed by atoms with van der Waals surface area (Å²) in [7, 11) is 5.69. The SMILES string of the molecule is [B]c1ccc2c(c1)CC[C@H](N)C2. The maximum absolute atomic E-state index is 5.86. The fourth-order valence-corrected chi connectivity index (χ4v) is 1.80. The summed E-state index contributed by atoms with van der Waals surface area (Å²) >= 11 is 0.